The number of fused-ring (bicyclic) bond motifs is 1. The van der Waals surface area contributed by atoms with E-state index in [4.69, 9.17) is 9.47 Å². The smallest absolute Gasteiger partial charge is 0.243 e. The first-order valence-corrected chi connectivity index (χ1v) is 7.41. The first-order chi connectivity index (χ1) is 11.6. The highest BCUT2D eigenvalue weighted by Gasteiger charge is 2.14. The molecule has 1 heterocycles. The van der Waals surface area contributed by atoms with E-state index >= 15 is 0 Å². The van der Waals surface area contributed by atoms with Gasteiger partial charge in [0.15, 0.2) is 11.5 Å². The monoisotopic (exact) mass is 327 g/mol. The Bertz CT molecular complexity index is 759. The van der Waals surface area contributed by atoms with Crippen LogP contribution >= 0.6 is 0 Å². The first-order valence-electron chi connectivity index (χ1n) is 7.41. The maximum atomic E-state index is 12.0. The second-order valence-electron chi connectivity index (χ2n) is 5.23. The SMILES string of the molecule is CC(=O)Nc1ccc(NCC(=O)Nc2ccc3c(c2)OCO3)cc1. The molecule has 2 amide bonds. The van der Waals surface area contributed by atoms with Crippen molar-refractivity contribution in [2.45, 2.75) is 6.92 Å². The Morgan fingerprint density at radius 3 is 2.33 bits per heavy atom. The molecule has 2 aromatic rings. The van der Waals surface area contributed by atoms with Gasteiger partial charge in [0.25, 0.3) is 0 Å². The Kier molecular flexibility index (Phi) is 4.51. The van der Waals surface area contributed by atoms with Crippen molar-refractivity contribution in [3.05, 3.63) is 42.5 Å². The molecule has 0 saturated carbocycles. The third kappa shape index (κ3) is 3.95. The molecule has 0 fully saturated rings. The maximum absolute atomic E-state index is 12.0. The van der Waals surface area contributed by atoms with Crippen LogP contribution in [0.15, 0.2) is 42.5 Å². The van der Waals surface area contributed by atoms with E-state index in [2.05, 4.69) is 16.0 Å². The lowest BCUT2D eigenvalue weighted by molar-refractivity contribution is -0.115. The molecule has 2 aromatic carbocycles. The van der Waals surface area contributed by atoms with E-state index in [0.717, 1.165) is 5.69 Å². The Balaban J connectivity index is 1.51. The van der Waals surface area contributed by atoms with E-state index in [1.54, 1.807) is 42.5 Å². The van der Waals surface area contributed by atoms with Gasteiger partial charge < -0.3 is 25.4 Å². The third-order valence-electron chi connectivity index (χ3n) is 3.31. The van der Waals surface area contributed by atoms with Crippen molar-refractivity contribution in [2.75, 3.05) is 29.3 Å². The van der Waals surface area contributed by atoms with Crippen molar-refractivity contribution in [1.29, 1.82) is 0 Å². The van der Waals surface area contributed by atoms with Crippen LogP contribution in [0.4, 0.5) is 17.1 Å². The zero-order chi connectivity index (χ0) is 16.9. The topological polar surface area (TPSA) is 88.7 Å². The zero-order valence-corrected chi connectivity index (χ0v) is 13.1. The fraction of sp³-hybridized carbons (Fsp3) is 0.176. The van der Waals surface area contributed by atoms with Crippen LogP contribution in [0.3, 0.4) is 0 Å². The zero-order valence-electron chi connectivity index (χ0n) is 13.1. The molecule has 7 nitrogen and oxygen atoms in total. The average Bonchev–Trinajstić information content (AvgIpc) is 3.01. The minimum absolute atomic E-state index is 0.119. The molecule has 0 spiro atoms. The van der Waals surface area contributed by atoms with Crippen molar-refractivity contribution < 1.29 is 19.1 Å². The summed E-state index contributed by atoms with van der Waals surface area (Å²) in [6, 6.07) is 12.3. The second kappa shape index (κ2) is 6.91. The third-order valence-corrected chi connectivity index (χ3v) is 3.31. The molecule has 0 saturated heterocycles. The summed E-state index contributed by atoms with van der Waals surface area (Å²) in [5.74, 6) is 0.985. The number of nitrogens with one attached hydrogen (secondary N) is 3. The van der Waals surface area contributed by atoms with Gasteiger partial charge in [0, 0.05) is 30.1 Å². The first kappa shape index (κ1) is 15.7. The number of anilines is 3. The lowest BCUT2D eigenvalue weighted by Gasteiger charge is -2.09. The van der Waals surface area contributed by atoms with Crippen LogP contribution in [0.2, 0.25) is 0 Å². The van der Waals surface area contributed by atoms with Gasteiger partial charge in [0.1, 0.15) is 0 Å². The van der Waals surface area contributed by atoms with Crippen LogP contribution in [-0.2, 0) is 9.59 Å². The molecular weight excluding hydrogens is 310 g/mol. The van der Waals surface area contributed by atoms with Crippen LogP contribution in [-0.4, -0.2) is 25.2 Å². The van der Waals surface area contributed by atoms with E-state index in [0.29, 0.717) is 22.9 Å². The summed E-state index contributed by atoms with van der Waals surface area (Å²) < 4.78 is 10.5. The van der Waals surface area contributed by atoms with Gasteiger partial charge in [-0.3, -0.25) is 9.59 Å². The summed E-state index contributed by atoms with van der Waals surface area (Å²) in [7, 11) is 0. The normalized spacial score (nSPS) is 11.7. The quantitative estimate of drug-likeness (QED) is 0.785. The molecule has 0 aromatic heterocycles. The Morgan fingerprint density at radius 1 is 0.917 bits per heavy atom. The van der Waals surface area contributed by atoms with Crippen LogP contribution in [0.5, 0.6) is 11.5 Å². The summed E-state index contributed by atoms with van der Waals surface area (Å²) in [4.78, 5) is 23.0. The minimum Gasteiger partial charge on any atom is -0.454 e. The molecule has 1 aliphatic rings. The van der Waals surface area contributed by atoms with Gasteiger partial charge in [-0.15, -0.1) is 0 Å². The number of rotatable bonds is 5. The fourth-order valence-electron chi connectivity index (χ4n) is 2.24. The largest absolute Gasteiger partial charge is 0.454 e. The molecule has 0 aliphatic carbocycles. The van der Waals surface area contributed by atoms with Crippen molar-refractivity contribution in [3.63, 3.8) is 0 Å². The molecule has 0 radical (unpaired) electrons. The molecule has 0 unspecified atom stereocenters. The van der Waals surface area contributed by atoms with Gasteiger partial charge in [-0.1, -0.05) is 0 Å². The van der Waals surface area contributed by atoms with Gasteiger partial charge in [0.05, 0.1) is 6.54 Å². The van der Waals surface area contributed by atoms with Crippen LogP contribution in [0.1, 0.15) is 6.92 Å². The summed E-state index contributed by atoms with van der Waals surface area (Å²) in [5.41, 5.74) is 2.13. The molecule has 7 heteroatoms. The number of carbonyl (C=O) groups excluding carboxylic acids is 2. The Morgan fingerprint density at radius 2 is 1.58 bits per heavy atom. The Labute approximate surface area is 139 Å². The van der Waals surface area contributed by atoms with Crippen molar-refractivity contribution >= 4 is 28.9 Å². The maximum Gasteiger partial charge on any atom is 0.243 e. The van der Waals surface area contributed by atoms with E-state index in [1.807, 2.05) is 0 Å². The minimum atomic E-state index is -0.181. The molecular formula is C17H17N3O4. The van der Waals surface area contributed by atoms with Gasteiger partial charge in [-0.05, 0) is 36.4 Å². The van der Waals surface area contributed by atoms with Gasteiger partial charge in [0.2, 0.25) is 18.6 Å². The highest BCUT2D eigenvalue weighted by molar-refractivity contribution is 5.94. The molecule has 0 bridgehead atoms. The highest BCUT2D eigenvalue weighted by Crippen LogP contribution is 2.34. The fourth-order valence-corrected chi connectivity index (χ4v) is 2.24. The lowest BCUT2D eigenvalue weighted by Crippen LogP contribution is -2.21. The summed E-state index contributed by atoms with van der Waals surface area (Å²) >= 11 is 0. The average molecular weight is 327 g/mol. The number of hydrogen-bond donors (Lipinski definition) is 3. The number of ether oxygens (including phenoxy) is 2. The van der Waals surface area contributed by atoms with Gasteiger partial charge in [-0.2, -0.15) is 0 Å². The number of amides is 2. The summed E-state index contributed by atoms with van der Waals surface area (Å²) in [6.07, 6.45) is 0. The van der Waals surface area contributed by atoms with Crippen LogP contribution in [0.25, 0.3) is 0 Å². The van der Waals surface area contributed by atoms with Gasteiger partial charge in [-0.25, -0.2) is 0 Å². The number of carbonyl (C=O) groups is 2. The van der Waals surface area contributed by atoms with Crippen molar-refractivity contribution in [3.8, 4) is 11.5 Å². The second-order valence-corrected chi connectivity index (χ2v) is 5.23. The molecule has 1 aliphatic heterocycles. The molecule has 24 heavy (non-hydrogen) atoms. The summed E-state index contributed by atoms with van der Waals surface area (Å²) in [5, 5.41) is 8.48. The van der Waals surface area contributed by atoms with E-state index in [1.165, 1.54) is 6.92 Å². The van der Waals surface area contributed by atoms with E-state index < -0.39 is 0 Å². The van der Waals surface area contributed by atoms with Crippen molar-refractivity contribution in [2.24, 2.45) is 0 Å². The molecule has 0 atom stereocenters. The van der Waals surface area contributed by atoms with E-state index in [9.17, 15) is 9.59 Å². The van der Waals surface area contributed by atoms with Gasteiger partial charge >= 0.3 is 0 Å². The molecule has 3 N–H and O–H groups in total. The highest BCUT2D eigenvalue weighted by atomic mass is 16.7. The standard InChI is InChI=1S/C17H17N3O4/c1-11(21)19-13-4-2-12(3-5-13)18-9-17(22)20-14-6-7-15-16(8-14)24-10-23-15/h2-8,18H,9-10H2,1H3,(H,19,21)(H,20,22). The van der Waals surface area contributed by atoms with Crippen molar-refractivity contribution in [1.82, 2.24) is 0 Å². The van der Waals surface area contributed by atoms with E-state index in [-0.39, 0.29) is 25.2 Å². The Hall–Kier alpha value is -3.22. The number of hydrogen-bond acceptors (Lipinski definition) is 5. The lowest BCUT2D eigenvalue weighted by atomic mass is 10.2. The predicted octanol–water partition coefficient (Wildman–Crippen LogP) is 2.42. The number of benzene rings is 2. The molecule has 124 valence electrons. The predicted molar refractivity (Wildman–Crippen MR) is 90.4 cm³/mol. The van der Waals surface area contributed by atoms with Crippen LogP contribution in [0, 0.1) is 0 Å². The van der Waals surface area contributed by atoms with Crippen LogP contribution < -0.4 is 25.4 Å². The summed E-state index contributed by atoms with van der Waals surface area (Å²) in [6.45, 7) is 1.77. The molecule has 3 rings (SSSR count).